The third-order valence-corrected chi connectivity index (χ3v) is 4.34. The number of hydrogen-bond acceptors (Lipinski definition) is 5. The number of nitrogens with one attached hydrogen (secondary N) is 1. The highest BCUT2D eigenvalue weighted by molar-refractivity contribution is 5.64. The molecule has 1 saturated heterocycles. The molecule has 0 unspecified atom stereocenters. The van der Waals surface area contributed by atoms with Gasteiger partial charge in [-0.05, 0) is 30.3 Å². The summed E-state index contributed by atoms with van der Waals surface area (Å²) in [5.41, 5.74) is 2.10. The number of halogens is 2. The fourth-order valence-corrected chi connectivity index (χ4v) is 2.99. The quantitative estimate of drug-likeness (QED) is 0.740. The zero-order valence-corrected chi connectivity index (χ0v) is 14.6. The molecule has 3 aromatic rings. The summed E-state index contributed by atoms with van der Waals surface area (Å²) in [6, 6.07) is 14.3. The number of benzene rings is 2. The molecule has 0 aliphatic carbocycles. The molecule has 0 amide bonds. The van der Waals surface area contributed by atoms with Gasteiger partial charge in [0.25, 0.3) is 6.43 Å². The molecule has 6 nitrogen and oxygen atoms in total. The second kappa shape index (κ2) is 7.71. The van der Waals surface area contributed by atoms with Crippen molar-refractivity contribution < 1.29 is 13.5 Å². The number of para-hydroxylation sites is 1. The van der Waals surface area contributed by atoms with Crippen molar-refractivity contribution in [1.82, 2.24) is 14.8 Å². The Morgan fingerprint density at radius 3 is 2.52 bits per heavy atom. The molecule has 2 aromatic carbocycles. The van der Waals surface area contributed by atoms with Crippen LogP contribution in [0.2, 0.25) is 0 Å². The SMILES string of the molecule is FC(F)c1cc(Nc2ncn(-c3ccccc3)n2)cc(N2CCOCC2)c1. The van der Waals surface area contributed by atoms with Crippen LogP contribution in [0.5, 0.6) is 0 Å². The molecule has 0 spiro atoms. The lowest BCUT2D eigenvalue weighted by Gasteiger charge is -2.29. The summed E-state index contributed by atoms with van der Waals surface area (Å²) in [4.78, 5) is 6.26. The summed E-state index contributed by atoms with van der Waals surface area (Å²) in [6.07, 6.45) is -0.973. The van der Waals surface area contributed by atoms with Crippen LogP contribution in [0.3, 0.4) is 0 Å². The molecule has 1 aliphatic heterocycles. The van der Waals surface area contributed by atoms with Crippen LogP contribution in [0.4, 0.5) is 26.1 Å². The smallest absolute Gasteiger partial charge is 0.263 e. The molecule has 1 fully saturated rings. The third-order valence-electron chi connectivity index (χ3n) is 4.34. The predicted octanol–water partition coefficient (Wildman–Crippen LogP) is 3.79. The molecule has 0 saturated carbocycles. The van der Waals surface area contributed by atoms with Gasteiger partial charge in [-0.2, -0.15) is 4.98 Å². The normalized spacial score (nSPS) is 14.6. The van der Waals surface area contributed by atoms with Crippen LogP contribution in [-0.2, 0) is 4.74 Å². The Hall–Kier alpha value is -3.00. The lowest BCUT2D eigenvalue weighted by Crippen LogP contribution is -2.36. The third kappa shape index (κ3) is 4.06. The summed E-state index contributed by atoms with van der Waals surface area (Å²) in [7, 11) is 0. The van der Waals surface area contributed by atoms with Crippen LogP contribution in [0.25, 0.3) is 5.69 Å². The molecule has 4 rings (SSSR count). The maximum absolute atomic E-state index is 13.4. The zero-order valence-electron chi connectivity index (χ0n) is 14.6. The van der Waals surface area contributed by atoms with Crippen LogP contribution in [0.15, 0.2) is 54.9 Å². The first-order valence-corrected chi connectivity index (χ1v) is 8.69. The topological polar surface area (TPSA) is 55.2 Å². The predicted molar refractivity (Wildman–Crippen MR) is 99.1 cm³/mol. The minimum Gasteiger partial charge on any atom is -0.378 e. The zero-order chi connectivity index (χ0) is 18.6. The standard InChI is InChI=1S/C19H19F2N5O/c20-18(21)14-10-15(12-17(11-14)25-6-8-27-9-7-25)23-19-22-13-26(24-19)16-4-2-1-3-5-16/h1-5,10-13,18H,6-9H2,(H,23,24). The van der Waals surface area contributed by atoms with E-state index in [1.54, 1.807) is 11.0 Å². The van der Waals surface area contributed by atoms with Gasteiger partial charge < -0.3 is 15.0 Å². The van der Waals surface area contributed by atoms with Crippen LogP contribution in [0.1, 0.15) is 12.0 Å². The van der Waals surface area contributed by atoms with E-state index in [1.807, 2.05) is 41.3 Å². The average Bonchev–Trinajstić information content (AvgIpc) is 3.17. The Morgan fingerprint density at radius 1 is 1.00 bits per heavy atom. The first-order valence-electron chi connectivity index (χ1n) is 8.69. The molecular formula is C19H19F2N5O. The summed E-state index contributed by atoms with van der Waals surface area (Å²) in [5.74, 6) is 0.346. The molecule has 1 N–H and O–H groups in total. The minimum atomic E-state index is -2.55. The number of rotatable bonds is 5. The molecule has 0 radical (unpaired) electrons. The van der Waals surface area contributed by atoms with E-state index in [-0.39, 0.29) is 5.56 Å². The lowest BCUT2D eigenvalue weighted by molar-refractivity contribution is 0.122. The van der Waals surface area contributed by atoms with E-state index >= 15 is 0 Å². The Morgan fingerprint density at radius 2 is 1.78 bits per heavy atom. The highest BCUT2D eigenvalue weighted by atomic mass is 19.3. The Kier molecular flexibility index (Phi) is 4.97. The summed E-state index contributed by atoms with van der Waals surface area (Å²) in [5, 5.41) is 7.40. The van der Waals surface area contributed by atoms with E-state index in [0.717, 1.165) is 11.4 Å². The second-order valence-electron chi connectivity index (χ2n) is 6.19. The van der Waals surface area contributed by atoms with Crippen molar-refractivity contribution in [3.8, 4) is 5.69 Å². The van der Waals surface area contributed by atoms with Gasteiger partial charge in [0.2, 0.25) is 5.95 Å². The molecule has 0 atom stereocenters. The number of alkyl halides is 2. The fourth-order valence-electron chi connectivity index (χ4n) is 2.99. The Labute approximate surface area is 155 Å². The molecule has 8 heteroatoms. The first kappa shape index (κ1) is 17.4. The van der Waals surface area contributed by atoms with Gasteiger partial charge in [-0.15, -0.1) is 5.10 Å². The van der Waals surface area contributed by atoms with Crippen molar-refractivity contribution in [3.63, 3.8) is 0 Å². The Bertz CT molecular complexity index is 894. The lowest BCUT2D eigenvalue weighted by atomic mass is 10.1. The monoisotopic (exact) mass is 371 g/mol. The highest BCUT2D eigenvalue weighted by Crippen LogP contribution is 2.30. The fraction of sp³-hybridized carbons (Fsp3) is 0.263. The summed E-state index contributed by atoms with van der Waals surface area (Å²) >= 11 is 0. The van der Waals surface area contributed by atoms with Gasteiger partial charge >= 0.3 is 0 Å². The average molecular weight is 371 g/mol. The molecule has 27 heavy (non-hydrogen) atoms. The van der Waals surface area contributed by atoms with Crippen molar-refractivity contribution in [3.05, 3.63) is 60.4 Å². The molecule has 1 aromatic heterocycles. The van der Waals surface area contributed by atoms with Crippen molar-refractivity contribution in [2.45, 2.75) is 6.43 Å². The van der Waals surface area contributed by atoms with Gasteiger partial charge in [0.15, 0.2) is 0 Å². The maximum atomic E-state index is 13.4. The highest BCUT2D eigenvalue weighted by Gasteiger charge is 2.16. The van der Waals surface area contributed by atoms with Crippen LogP contribution < -0.4 is 10.2 Å². The Balaban J connectivity index is 1.59. The van der Waals surface area contributed by atoms with E-state index in [4.69, 9.17) is 4.74 Å². The van der Waals surface area contributed by atoms with Crippen LogP contribution in [0, 0.1) is 0 Å². The molecule has 2 heterocycles. The minimum absolute atomic E-state index is 0.0380. The number of hydrogen-bond donors (Lipinski definition) is 1. The van der Waals surface area contributed by atoms with Crippen molar-refractivity contribution in [1.29, 1.82) is 0 Å². The number of ether oxygens (including phenoxy) is 1. The molecule has 1 aliphatic rings. The van der Waals surface area contributed by atoms with Crippen molar-refractivity contribution in [2.24, 2.45) is 0 Å². The van der Waals surface area contributed by atoms with Gasteiger partial charge in [-0.25, -0.2) is 13.5 Å². The summed E-state index contributed by atoms with van der Waals surface area (Å²) in [6.45, 7) is 2.52. The van der Waals surface area contributed by atoms with Gasteiger partial charge in [-0.3, -0.25) is 0 Å². The van der Waals surface area contributed by atoms with E-state index in [2.05, 4.69) is 15.4 Å². The first-order chi connectivity index (χ1) is 13.2. The van der Waals surface area contributed by atoms with E-state index in [9.17, 15) is 8.78 Å². The van der Waals surface area contributed by atoms with E-state index in [1.165, 1.54) is 12.1 Å². The van der Waals surface area contributed by atoms with Gasteiger partial charge in [0, 0.05) is 30.0 Å². The van der Waals surface area contributed by atoms with Gasteiger partial charge in [0.1, 0.15) is 6.33 Å². The maximum Gasteiger partial charge on any atom is 0.263 e. The molecule has 140 valence electrons. The summed E-state index contributed by atoms with van der Waals surface area (Å²) < 4.78 is 33.7. The molecular weight excluding hydrogens is 352 g/mol. The largest absolute Gasteiger partial charge is 0.378 e. The van der Waals surface area contributed by atoms with E-state index in [0.29, 0.717) is 37.9 Å². The van der Waals surface area contributed by atoms with E-state index < -0.39 is 6.43 Å². The molecule has 0 bridgehead atoms. The number of anilines is 3. The van der Waals surface area contributed by atoms with Crippen molar-refractivity contribution >= 4 is 17.3 Å². The number of nitrogens with zero attached hydrogens (tertiary/aromatic N) is 4. The van der Waals surface area contributed by atoms with Gasteiger partial charge in [0.05, 0.1) is 18.9 Å². The number of aromatic nitrogens is 3. The van der Waals surface area contributed by atoms with Gasteiger partial charge in [-0.1, -0.05) is 18.2 Å². The van der Waals surface area contributed by atoms with Crippen molar-refractivity contribution in [2.75, 3.05) is 36.5 Å². The van der Waals surface area contributed by atoms with Crippen LogP contribution >= 0.6 is 0 Å². The van der Waals surface area contributed by atoms with Crippen LogP contribution in [-0.4, -0.2) is 41.1 Å². The number of morpholine rings is 1. The second-order valence-corrected chi connectivity index (χ2v) is 6.19.